The molecule has 1 unspecified atom stereocenters. The minimum atomic E-state index is 0.409. The number of nitrogens with one attached hydrogen (secondary N) is 1. The molecule has 0 aromatic carbocycles. The van der Waals surface area contributed by atoms with Gasteiger partial charge < -0.3 is 9.88 Å². The number of hydrogen-bond donors (Lipinski definition) is 1. The van der Waals surface area contributed by atoms with Crippen molar-refractivity contribution in [2.24, 2.45) is 12.5 Å². The van der Waals surface area contributed by atoms with Crippen LogP contribution in [-0.4, -0.2) is 15.6 Å². The summed E-state index contributed by atoms with van der Waals surface area (Å²) < 4.78 is 2.04. The van der Waals surface area contributed by atoms with E-state index in [1.807, 2.05) is 24.0 Å². The van der Waals surface area contributed by atoms with E-state index in [0.29, 0.717) is 11.5 Å². The van der Waals surface area contributed by atoms with Gasteiger partial charge in [0, 0.05) is 25.5 Å². The second-order valence-electron chi connectivity index (χ2n) is 4.94. The van der Waals surface area contributed by atoms with Crippen LogP contribution in [0.5, 0.6) is 0 Å². The van der Waals surface area contributed by atoms with Crippen LogP contribution in [0.2, 0.25) is 0 Å². The van der Waals surface area contributed by atoms with E-state index in [1.54, 1.807) is 0 Å². The van der Waals surface area contributed by atoms with Crippen molar-refractivity contribution in [3.8, 4) is 0 Å². The molecule has 0 aliphatic heterocycles. The van der Waals surface area contributed by atoms with Gasteiger partial charge in [-0.05, 0) is 18.3 Å². The second-order valence-corrected chi connectivity index (χ2v) is 4.94. The van der Waals surface area contributed by atoms with Gasteiger partial charge in [-0.1, -0.05) is 20.3 Å². The number of imidazole rings is 1. The SMILES string of the molecule is Cn1ccnc1NC1CCCC1(C)C. The molecule has 1 aromatic rings. The summed E-state index contributed by atoms with van der Waals surface area (Å²) in [5.74, 6) is 0.991. The lowest BCUT2D eigenvalue weighted by Crippen LogP contribution is -2.31. The van der Waals surface area contributed by atoms with Gasteiger partial charge in [0.25, 0.3) is 0 Å². The van der Waals surface area contributed by atoms with Crippen LogP contribution >= 0.6 is 0 Å². The van der Waals surface area contributed by atoms with Gasteiger partial charge >= 0.3 is 0 Å². The molecule has 1 aliphatic rings. The first-order chi connectivity index (χ1) is 6.59. The Kier molecular flexibility index (Phi) is 2.25. The molecule has 1 atom stereocenters. The molecular formula is C11H19N3. The van der Waals surface area contributed by atoms with E-state index in [1.165, 1.54) is 19.3 Å². The van der Waals surface area contributed by atoms with E-state index in [4.69, 9.17) is 0 Å². The molecule has 0 radical (unpaired) electrons. The molecule has 1 fully saturated rings. The highest BCUT2D eigenvalue weighted by Gasteiger charge is 2.34. The quantitative estimate of drug-likeness (QED) is 0.781. The molecule has 0 spiro atoms. The molecular weight excluding hydrogens is 174 g/mol. The zero-order valence-electron chi connectivity index (χ0n) is 9.25. The van der Waals surface area contributed by atoms with Gasteiger partial charge in [0.2, 0.25) is 5.95 Å². The predicted octanol–water partition coefficient (Wildman–Crippen LogP) is 2.41. The van der Waals surface area contributed by atoms with Crippen molar-refractivity contribution >= 4 is 5.95 Å². The first-order valence-electron chi connectivity index (χ1n) is 5.33. The molecule has 1 aromatic heterocycles. The zero-order valence-corrected chi connectivity index (χ0v) is 9.25. The lowest BCUT2D eigenvalue weighted by Gasteiger charge is -2.28. The van der Waals surface area contributed by atoms with Gasteiger partial charge in [-0.3, -0.25) is 0 Å². The normalized spacial score (nSPS) is 25.2. The summed E-state index contributed by atoms with van der Waals surface area (Å²) in [6.45, 7) is 4.67. The molecule has 3 nitrogen and oxygen atoms in total. The first-order valence-corrected chi connectivity index (χ1v) is 5.33. The Morgan fingerprint density at radius 1 is 1.57 bits per heavy atom. The van der Waals surface area contributed by atoms with E-state index in [-0.39, 0.29) is 0 Å². The molecule has 0 amide bonds. The molecule has 1 aliphatic carbocycles. The smallest absolute Gasteiger partial charge is 0.202 e. The maximum absolute atomic E-state index is 4.30. The van der Waals surface area contributed by atoms with E-state index in [9.17, 15) is 0 Å². The second kappa shape index (κ2) is 3.30. The van der Waals surface area contributed by atoms with Gasteiger partial charge in [-0.25, -0.2) is 4.98 Å². The summed E-state index contributed by atoms with van der Waals surface area (Å²) in [7, 11) is 2.03. The van der Waals surface area contributed by atoms with Crippen molar-refractivity contribution in [1.29, 1.82) is 0 Å². The Hall–Kier alpha value is -0.990. The Morgan fingerprint density at radius 2 is 2.36 bits per heavy atom. The molecule has 1 saturated carbocycles. The van der Waals surface area contributed by atoms with Crippen LogP contribution in [0.1, 0.15) is 33.1 Å². The fourth-order valence-electron chi connectivity index (χ4n) is 2.25. The van der Waals surface area contributed by atoms with Crippen LogP contribution in [-0.2, 0) is 7.05 Å². The highest BCUT2D eigenvalue weighted by Crippen LogP contribution is 2.38. The standard InChI is InChI=1S/C11H19N3/c1-11(2)6-4-5-9(11)13-10-12-7-8-14(10)3/h7-9H,4-6H2,1-3H3,(H,12,13). The summed E-state index contributed by atoms with van der Waals surface area (Å²) in [5.41, 5.74) is 0.409. The summed E-state index contributed by atoms with van der Waals surface area (Å²) >= 11 is 0. The van der Waals surface area contributed by atoms with Crippen molar-refractivity contribution in [2.45, 2.75) is 39.2 Å². The van der Waals surface area contributed by atoms with Gasteiger partial charge in [-0.15, -0.1) is 0 Å². The summed E-state index contributed by atoms with van der Waals surface area (Å²) in [6, 6.07) is 0.573. The third-order valence-electron chi connectivity index (χ3n) is 3.38. The van der Waals surface area contributed by atoms with Crippen LogP contribution in [0.15, 0.2) is 12.4 Å². The highest BCUT2D eigenvalue weighted by atomic mass is 15.2. The third kappa shape index (κ3) is 1.63. The van der Waals surface area contributed by atoms with Crippen LogP contribution in [0.4, 0.5) is 5.95 Å². The average Bonchev–Trinajstić information content (AvgIpc) is 2.62. The Labute approximate surface area is 85.5 Å². The van der Waals surface area contributed by atoms with E-state index in [0.717, 1.165) is 5.95 Å². The number of hydrogen-bond acceptors (Lipinski definition) is 2. The lowest BCUT2D eigenvalue weighted by atomic mass is 9.87. The number of nitrogens with zero attached hydrogens (tertiary/aromatic N) is 2. The van der Waals surface area contributed by atoms with Crippen molar-refractivity contribution in [3.05, 3.63) is 12.4 Å². The summed E-state index contributed by atoms with van der Waals surface area (Å²) in [4.78, 5) is 4.30. The Bertz CT molecular complexity index is 314. The molecule has 3 heteroatoms. The molecule has 2 rings (SSSR count). The summed E-state index contributed by atoms with van der Waals surface area (Å²) in [6.07, 6.45) is 7.72. The largest absolute Gasteiger partial charge is 0.352 e. The van der Waals surface area contributed by atoms with Crippen molar-refractivity contribution in [2.75, 3.05) is 5.32 Å². The first kappa shape index (κ1) is 9.56. The predicted molar refractivity (Wildman–Crippen MR) is 58.3 cm³/mol. The van der Waals surface area contributed by atoms with Crippen molar-refractivity contribution in [1.82, 2.24) is 9.55 Å². The average molecular weight is 193 g/mol. The van der Waals surface area contributed by atoms with Crippen LogP contribution < -0.4 is 5.32 Å². The molecule has 14 heavy (non-hydrogen) atoms. The Balaban J connectivity index is 2.08. The van der Waals surface area contributed by atoms with Gasteiger partial charge in [-0.2, -0.15) is 0 Å². The minimum absolute atomic E-state index is 0.409. The van der Waals surface area contributed by atoms with Gasteiger partial charge in [0.15, 0.2) is 0 Å². The van der Waals surface area contributed by atoms with Crippen molar-refractivity contribution in [3.63, 3.8) is 0 Å². The van der Waals surface area contributed by atoms with Crippen LogP contribution in [0.3, 0.4) is 0 Å². The maximum Gasteiger partial charge on any atom is 0.202 e. The number of aryl methyl sites for hydroxylation is 1. The number of rotatable bonds is 2. The highest BCUT2D eigenvalue weighted by molar-refractivity contribution is 5.28. The number of aromatic nitrogens is 2. The molecule has 1 heterocycles. The topological polar surface area (TPSA) is 29.9 Å². The van der Waals surface area contributed by atoms with Gasteiger partial charge in [0.1, 0.15) is 0 Å². The molecule has 0 saturated heterocycles. The molecule has 78 valence electrons. The van der Waals surface area contributed by atoms with E-state index >= 15 is 0 Å². The fraction of sp³-hybridized carbons (Fsp3) is 0.727. The third-order valence-corrected chi connectivity index (χ3v) is 3.38. The minimum Gasteiger partial charge on any atom is -0.352 e. The monoisotopic (exact) mass is 193 g/mol. The summed E-state index contributed by atoms with van der Waals surface area (Å²) in [5, 5.41) is 3.53. The van der Waals surface area contributed by atoms with E-state index in [2.05, 4.69) is 24.1 Å². The van der Waals surface area contributed by atoms with Gasteiger partial charge in [0.05, 0.1) is 0 Å². The van der Waals surface area contributed by atoms with Crippen LogP contribution in [0.25, 0.3) is 0 Å². The molecule has 0 bridgehead atoms. The Morgan fingerprint density at radius 3 is 2.86 bits per heavy atom. The maximum atomic E-state index is 4.30. The number of anilines is 1. The fourth-order valence-corrected chi connectivity index (χ4v) is 2.25. The lowest BCUT2D eigenvalue weighted by molar-refractivity contribution is 0.348. The zero-order chi connectivity index (χ0) is 10.2. The van der Waals surface area contributed by atoms with Crippen molar-refractivity contribution < 1.29 is 0 Å². The van der Waals surface area contributed by atoms with Crippen LogP contribution in [0, 0.1) is 5.41 Å². The van der Waals surface area contributed by atoms with E-state index < -0.39 is 0 Å². The molecule has 1 N–H and O–H groups in total.